The van der Waals surface area contributed by atoms with E-state index in [1.165, 1.54) is 108 Å². The van der Waals surface area contributed by atoms with Crippen LogP contribution < -0.4 is 14.7 Å². The van der Waals surface area contributed by atoms with Crippen molar-refractivity contribution in [2.45, 2.75) is 176 Å². The fourth-order valence-corrected chi connectivity index (χ4v) is 9.41. The van der Waals surface area contributed by atoms with Crippen LogP contribution in [0.25, 0.3) is 0 Å². The van der Waals surface area contributed by atoms with Gasteiger partial charge in [-0.3, -0.25) is 9.80 Å². The molecule has 318 valence electrons. The molecule has 0 aliphatic carbocycles. The molecule has 5 fully saturated rings. The van der Waals surface area contributed by atoms with Gasteiger partial charge in [0.25, 0.3) is 0 Å². The van der Waals surface area contributed by atoms with Gasteiger partial charge >= 0.3 is 0 Å². The second-order valence-corrected chi connectivity index (χ2v) is 17.3. The lowest BCUT2D eigenvalue weighted by Crippen LogP contribution is -2.55. The summed E-state index contributed by atoms with van der Waals surface area (Å²) in [5.74, 6) is 4.00. The normalized spacial score (nSPS) is 23.8. The van der Waals surface area contributed by atoms with Crippen LogP contribution in [0, 0.1) is 5.92 Å². The first-order chi connectivity index (χ1) is 27.3. The molecule has 4 atom stereocenters. The summed E-state index contributed by atoms with van der Waals surface area (Å²) in [6, 6.07) is 5.24. The minimum Gasteiger partial charge on any atom is -0.366 e. The van der Waals surface area contributed by atoms with E-state index < -0.39 is 0 Å². The van der Waals surface area contributed by atoms with Gasteiger partial charge in [-0.15, -0.1) is 0 Å². The zero-order valence-electron chi connectivity index (χ0n) is 37.8. The third-order valence-electron chi connectivity index (χ3n) is 12.5. The molecule has 0 spiro atoms. The van der Waals surface area contributed by atoms with E-state index in [-0.39, 0.29) is 0 Å². The lowest BCUT2D eigenvalue weighted by molar-refractivity contribution is 0.177. The number of hydrogen-bond donors (Lipinski definition) is 0. The SMILES string of the molecule is CC.CC.CC(C)CCCCCCCc1nccc(N2C3CCC2CN(C(C)C)C3)n1.CCCCN1CCN(c2cnc(N3C4CCC3CN(C)C4)nc2)CC1. The van der Waals surface area contributed by atoms with E-state index in [1.54, 1.807) is 0 Å². The molecule has 7 heterocycles. The summed E-state index contributed by atoms with van der Waals surface area (Å²) >= 11 is 0. The third kappa shape index (κ3) is 13.2. The first kappa shape index (κ1) is 46.1. The zero-order chi connectivity index (χ0) is 40.5. The lowest BCUT2D eigenvalue weighted by atomic mass is 10.0. The van der Waals surface area contributed by atoms with Gasteiger partial charge in [0.15, 0.2) is 0 Å². The van der Waals surface area contributed by atoms with Crippen molar-refractivity contribution in [1.82, 2.24) is 34.6 Å². The smallest absolute Gasteiger partial charge is 0.225 e. The van der Waals surface area contributed by atoms with Crippen molar-refractivity contribution < 1.29 is 0 Å². The number of piperazine rings is 3. The summed E-state index contributed by atoms with van der Waals surface area (Å²) in [6.07, 6.45) is 22.9. The molecule has 0 radical (unpaired) electrons. The van der Waals surface area contributed by atoms with Gasteiger partial charge in [-0.25, -0.2) is 19.9 Å². The van der Waals surface area contributed by atoms with Crippen LogP contribution in [0.5, 0.6) is 0 Å². The third-order valence-corrected chi connectivity index (χ3v) is 12.5. The highest BCUT2D eigenvalue weighted by Crippen LogP contribution is 2.35. The highest BCUT2D eigenvalue weighted by Gasteiger charge is 2.42. The molecule has 2 aromatic heterocycles. The van der Waals surface area contributed by atoms with Gasteiger partial charge in [-0.05, 0) is 77.9 Å². The second kappa shape index (κ2) is 24.4. The summed E-state index contributed by atoms with van der Waals surface area (Å²) in [4.78, 5) is 34.2. The van der Waals surface area contributed by atoms with Crippen LogP contribution >= 0.6 is 0 Å². The number of fused-ring (bicyclic) bond motifs is 4. The average molecular weight is 777 g/mol. The van der Waals surface area contributed by atoms with Crippen molar-refractivity contribution in [3.05, 3.63) is 30.5 Å². The minimum absolute atomic E-state index is 0.594. The molecule has 7 rings (SSSR count). The summed E-state index contributed by atoms with van der Waals surface area (Å²) in [5, 5.41) is 0. The topological polar surface area (TPSA) is 71.0 Å². The summed E-state index contributed by atoms with van der Waals surface area (Å²) in [6.45, 7) is 29.9. The number of hydrogen-bond acceptors (Lipinski definition) is 10. The molecule has 4 bridgehead atoms. The number of rotatable bonds is 15. The molecule has 0 saturated carbocycles. The number of likely N-dealkylation sites (tertiary alicyclic amines) is 2. The van der Waals surface area contributed by atoms with Crippen molar-refractivity contribution in [2.24, 2.45) is 5.92 Å². The summed E-state index contributed by atoms with van der Waals surface area (Å²) < 4.78 is 0. The molecule has 0 N–H and O–H groups in total. The van der Waals surface area contributed by atoms with E-state index in [2.05, 4.69) is 82.1 Å². The van der Waals surface area contributed by atoms with E-state index in [4.69, 9.17) is 15.0 Å². The molecular formula is C46H84N10. The summed E-state index contributed by atoms with van der Waals surface area (Å²) in [5.41, 5.74) is 1.18. The monoisotopic (exact) mass is 777 g/mol. The Morgan fingerprint density at radius 2 is 1.25 bits per heavy atom. The molecule has 0 aromatic carbocycles. The Labute approximate surface area is 344 Å². The fourth-order valence-electron chi connectivity index (χ4n) is 9.41. The Balaban J connectivity index is 0.000000229. The number of likely N-dealkylation sites (N-methyl/N-ethyl adjacent to an activating group) is 1. The van der Waals surface area contributed by atoms with E-state index in [1.807, 2.05) is 46.3 Å². The lowest BCUT2D eigenvalue weighted by Gasteiger charge is -2.43. The Morgan fingerprint density at radius 3 is 1.82 bits per heavy atom. The van der Waals surface area contributed by atoms with Crippen LogP contribution in [0.15, 0.2) is 24.7 Å². The van der Waals surface area contributed by atoms with Gasteiger partial charge in [0, 0.05) is 95.2 Å². The number of anilines is 3. The van der Waals surface area contributed by atoms with Gasteiger partial charge < -0.3 is 19.6 Å². The van der Waals surface area contributed by atoms with Crippen molar-refractivity contribution in [1.29, 1.82) is 0 Å². The Bertz CT molecular complexity index is 1300. The van der Waals surface area contributed by atoms with Crippen molar-refractivity contribution in [3.8, 4) is 0 Å². The Hall–Kier alpha value is -2.56. The quantitative estimate of drug-likeness (QED) is 0.164. The van der Waals surface area contributed by atoms with Gasteiger partial charge in [-0.2, -0.15) is 0 Å². The molecule has 5 aliphatic heterocycles. The largest absolute Gasteiger partial charge is 0.366 e. The van der Waals surface area contributed by atoms with Gasteiger partial charge in [0.1, 0.15) is 11.6 Å². The van der Waals surface area contributed by atoms with Crippen molar-refractivity contribution in [2.75, 3.05) is 80.7 Å². The number of aryl methyl sites for hydroxylation is 1. The molecular weight excluding hydrogens is 693 g/mol. The first-order valence-electron chi connectivity index (χ1n) is 23.4. The number of aromatic nitrogens is 4. The highest BCUT2D eigenvalue weighted by molar-refractivity contribution is 5.47. The first-order valence-corrected chi connectivity index (χ1v) is 23.4. The second-order valence-electron chi connectivity index (χ2n) is 17.3. The van der Waals surface area contributed by atoms with E-state index in [0.29, 0.717) is 30.2 Å². The number of unbranched alkanes of at least 4 members (excludes halogenated alkanes) is 5. The summed E-state index contributed by atoms with van der Waals surface area (Å²) in [7, 11) is 2.23. The molecule has 0 amide bonds. The predicted molar refractivity (Wildman–Crippen MR) is 239 cm³/mol. The van der Waals surface area contributed by atoms with E-state index in [9.17, 15) is 0 Å². The molecule has 10 heteroatoms. The number of nitrogens with zero attached hydrogens (tertiary/aromatic N) is 10. The predicted octanol–water partition coefficient (Wildman–Crippen LogP) is 8.81. The molecule has 4 unspecified atom stereocenters. The maximum absolute atomic E-state index is 4.96. The van der Waals surface area contributed by atoms with Crippen LogP contribution in [0.4, 0.5) is 17.5 Å². The van der Waals surface area contributed by atoms with Crippen LogP contribution in [0.2, 0.25) is 0 Å². The van der Waals surface area contributed by atoms with Gasteiger partial charge in [-0.1, -0.05) is 87.0 Å². The van der Waals surface area contributed by atoms with Crippen LogP contribution in [0.1, 0.15) is 145 Å². The van der Waals surface area contributed by atoms with Crippen molar-refractivity contribution >= 4 is 17.5 Å². The Kier molecular flexibility index (Phi) is 20.1. The van der Waals surface area contributed by atoms with Gasteiger partial charge in [0.05, 0.1) is 18.1 Å². The maximum Gasteiger partial charge on any atom is 0.225 e. The zero-order valence-corrected chi connectivity index (χ0v) is 37.8. The fraction of sp³-hybridized carbons (Fsp3) is 0.826. The Morgan fingerprint density at radius 1 is 0.679 bits per heavy atom. The maximum atomic E-state index is 4.96. The molecule has 10 nitrogen and oxygen atoms in total. The van der Waals surface area contributed by atoms with E-state index >= 15 is 0 Å². The van der Waals surface area contributed by atoms with E-state index in [0.717, 1.165) is 63.4 Å². The van der Waals surface area contributed by atoms with Gasteiger partial charge in [0.2, 0.25) is 5.95 Å². The highest BCUT2D eigenvalue weighted by atomic mass is 15.4. The van der Waals surface area contributed by atoms with Crippen LogP contribution in [0.3, 0.4) is 0 Å². The molecule has 56 heavy (non-hydrogen) atoms. The van der Waals surface area contributed by atoms with Crippen molar-refractivity contribution in [3.63, 3.8) is 0 Å². The van der Waals surface area contributed by atoms with Crippen LogP contribution in [-0.2, 0) is 6.42 Å². The molecule has 5 saturated heterocycles. The molecule has 2 aromatic rings. The standard InChI is InChI=1S/C23H40N4.C19H32N6.2C2H6/c1-18(2)10-8-6-5-7-9-11-22-24-15-14-23(25-22)27-20-12-13-21(27)17-26(16-20)19(3)4;1-3-4-7-23-8-10-24(11-9-23)18-12-20-19(21-13-18)25-16-5-6-17(25)15-22(2)14-16;2*1-2/h14-15,18-21H,5-13,16-17H2,1-4H3;12-13,16-17H,3-11,14-15H2,1-2H3;2*1-2H3. The minimum atomic E-state index is 0.594. The van der Waals surface area contributed by atoms with Crippen LogP contribution in [-0.4, -0.2) is 131 Å². The molecule has 5 aliphatic rings. The average Bonchev–Trinajstić information content (AvgIpc) is 3.65.